The van der Waals surface area contributed by atoms with E-state index in [0.717, 1.165) is 6.42 Å². The van der Waals surface area contributed by atoms with Gasteiger partial charge in [-0.1, -0.05) is 99.3 Å². The first-order chi connectivity index (χ1) is 8.52. The van der Waals surface area contributed by atoms with Gasteiger partial charge in [0, 0.05) is 5.41 Å². The maximum atomic E-state index is 3.75. The van der Waals surface area contributed by atoms with E-state index < -0.39 is 0 Å². The Balaban J connectivity index is 0. The summed E-state index contributed by atoms with van der Waals surface area (Å²) in [6.45, 7) is 23.7. The molecule has 0 spiro atoms. The van der Waals surface area contributed by atoms with Gasteiger partial charge in [-0.15, -0.1) is 0 Å². The van der Waals surface area contributed by atoms with Crippen molar-refractivity contribution in [2.24, 2.45) is 16.2 Å². The molecule has 0 bridgehead atoms. The summed E-state index contributed by atoms with van der Waals surface area (Å²) in [7, 11) is 0. The SMILES string of the molecule is C=C/C=C\C(C)(/C=C\CC(C)(C)C)C(C)(C)C.CC. The Bertz CT molecular complexity index is 291. The Morgan fingerprint density at radius 2 is 1.32 bits per heavy atom. The molecule has 0 saturated heterocycles. The van der Waals surface area contributed by atoms with Crippen LogP contribution in [0.5, 0.6) is 0 Å². The summed E-state index contributed by atoms with van der Waals surface area (Å²) < 4.78 is 0. The lowest BCUT2D eigenvalue weighted by molar-refractivity contribution is 0.227. The summed E-state index contributed by atoms with van der Waals surface area (Å²) in [5.74, 6) is 0. The zero-order valence-corrected chi connectivity index (χ0v) is 14.8. The van der Waals surface area contributed by atoms with Gasteiger partial charge >= 0.3 is 0 Å². The van der Waals surface area contributed by atoms with Gasteiger partial charge in [0.05, 0.1) is 0 Å². The standard InChI is InChI=1S/C17H30.C2H6/c1-9-10-13-17(8,16(5,6)7)14-11-12-15(2,3)4;1-2/h9-11,13-14H,1,12H2,2-8H3;1-2H3/b13-10-,14-11-;. The highest BCUT2D eigenvalue weighted by molar-refractivity contribution is 5.17. The van der Waals surface area contributed by atoms with Gasteiger partial charge in [0.25, 0.3) is 0 Å². The molecule has 1 atom stereocenters. The summed E-state index contributed by atoms with van der Waals surface area (Å²) >= 11 is 0. The van der Waals surface area contributed by atoms with Crippen LogP contribution in [0.25, 0.3) is 0 Å². The first-order valence-electron chi connectivity index (χ1n) is 7.50. The van der Waals surface area contributed by atoms with Crippen LogP contribution in [0.15, 0.2) is 37.0 Å². The smallest absolute Gasteiger partial charge is 0.00842 e. The lowest BCUT2D eigenvalue weighted by atomic mass is 9.67. The monoisotopic (exact) mass is 264 g/mol. The summed E-state index contributed by atoms with van der Waals surface area (Å²) in [6, 6.07) is 0. The van der Waals surface area contributed by atoms with Crippen LogP contribution in [-0.2, 0) is 0 Å². The molecule has 0 nitrogen and oxygen atoms in total. The Hall–Kier alpha value is -0.780. The number of hydrogen-bond donors (Lipinski definition) is 0. The minimum Gasteiger partial charge on any atom is -0.0991 e. The second-order valence-corrected chi connectivity index (χ2v) is 7.29. The average molecular weight is 264 g/mol. The first-order valence-corrected chi connectivity index (χ1v) is 7.50. The van der Waals surface area contributed by atoms with E-state index >= 15 is 0 Å². The minimum absolute atomic E-state index is 0.0758. The second-order valence-electron chi connectivity index (χ2n) is 7.29. The molecule has 0 aromatic carbocycles. The molecule has 0 rings (SSSR count). The third-order valence-corrected chi connectivity index (χ3v) is 3.39. The van der Waals surface area contributed by atoms with E-state index in [1.54, 1.807) is 0 Å². The van der Waals surface area contributed by atoms with E-state index in [9.17, 15) is 0 Å². The van der Waals surface area contributed by atoms with Crippen LogP contribution in [0.2, 0.25) is 0 Å². The second kappa shape index (κ2) is 8.40. The fraction of sp³-hybridized carbons (Fsp3) is 0.684. The van der Waals surface area contributed by atoms with Crippen LogP contribution in [0, 0.1) is 16.2 Å². The highest BCUT2D eigenvalue weighted by Gasteiger charge is 2.32. The highest BCUT2D eigenvalue weighted by atomic mass is 14.4. The Morgan fingerprint density at radius 3 is 1.63 bits per heavy atom. The van der Waals surface area contributed by atoms with Gasteiger partial charge in [0.1, 0.15) is 0 Å². The molecule has 0 aromatic heterocycles. The van der Waals surface area contributed by atoms with Gasteiger partial charge in [-0.05, 0) is 17.3 Å². The number of hydrogen-bond acceptors (Lipinski definition) is 0. The van der Waals surface area contributed by atoms with Crippen molar-refractivity contribution >= 4 is 0 Å². The Labute approximate surface area is 122 Å². The zero-order chi connectivity index (χ0) is 15.7. The molecule has 0 saturated carbocycles. The van der Waals surface area contributed by atoms with Gasteiger partial charge in [-0.2, -0.15) is 0 Å². The van der Waals surface area contributed by atoms with Crippen molar-refractivity contribution in [3.05, 3.63) is 37.0 Å². The molecule has 0 aliphatic carbocycles. The maximum absolute atomic E-state index is 3.75. The quantitative estimate of drug-likeness (QED) is 0.387. The minimum atomic E-state index is 0.0758. The van der Waals surface area contributed by atoms with Crippen LogP contribution in [0.3, 0.4) is 0 Å². The normalized spacial score (nSPS) is 16.1. The van der Waals surface area contributed by atoms with Crippen molar-refractivity contribution in [1.29, 1.82) is 0 Å². The van der Waals surface area contributed by atoms with Crippen molar-refractivity contribution in [3.63, 3.8) is 0 Å². The van der Waals surface area contributed by atoms with Crippen LogP contribution < -0.4 is 0 Å². The van der Waals surface area contributed by atoms with E-state index in [2.05, 4.69) is 73.3 Å². The predicted octanol–water partition coefficient (Wildman–Crippen LogP) is 6.80. The molecular weight excluding hydrogens is 228 g/mol. The maximum Gasteiger partial charge on any atom is 0.00842 e. The summed E-state index contributed by atoms with van der Waals surface area (Å²) in [4.78, 5) is 0. The van der Waals surface area contributed by atoms with Crippen LogP contribution in [0.1, 0.15) is 68.7 Å². The van der Waals surface area contributed by atoms with Crippen molar-refractivity contribution in [3.8, 4) is 0 Å². The molecule has 0 heteroatoms. The van der Waals surface area contributed by atoms with Crippen LogP contribution in [0.4, 0.5) is 0 Å². The van der Waals surface area contributed by atoms with Crippen LogP contribution in [-0.4, -0.2) is 0 Å². The molecule has 19 heavy (non-hydrogen) atoms. The van der Waals surface area contributed by atoms with Crippen molar-refractivity contribution < 1.29 is 0 Å². The molecule has 0 aromatic rings. The lowest BCUT2D eigenvalue weighted by Crippen LogP contribution is -2.28. The molecule has 0 N–H and O–H groups in total. The lowest BCUT2D eigenvalue weighted by Gasteiger charge is -2.37. The fourth-order valence-corrected chi connectivity index (χ4v) is 1.48. The van der Waals surface area contributed by atoms with Crippen LogP contribution >= 0.6 is 0 Å². The highest BCUT2D eigenvalue weighted by Crippen LogP contribution is 2.41. The van der Waals surface area contributed by atoms with Crippen molar-refractivity contribution in [1.82, 2.24) is 0 Å². The van der Waals surface area contributed by atoms with E-state index in [4.69, 9.17) is 0 Å². The Morgan fingerprint density at radius 1 is 0.842 bits per heavy atom. The molecule has 0 radical (unpaired) electrons. The topological polar surface area (TPSA) is 0 Å². The van der Waals surface area contributed by atoms with Gasteiger partial charge < -0.3 is 0 Å². The molecule has 0 fully saturated rings. The molecular formula is C19H36. The largest absolute Gasteiger partial charge is 0.0991 e. The summed E-state index contributed by atoms with van der Waals surface area (Å²) in [5.41, 5.74) is 0.644. The first kappa shape index (κ1) is 20.5. The number of allylic oxidation sites excluding steroid dienone is 5. The van der Waals surface area contributed by atoms with E-state index in [0.29, 0.717) is 5.41 Å². The van der Waals surface area contributed by atoms with E-state index in [1.165, 1.54) is 0 Å². The molecule has 0 amide bonds. The predicted molar refractivity (Wildman–Crippen MR) is 91.5 cm³/mol. The summed E-state index contributed by atoms with van der Waals surface area (Å²) in [6.07, 6.45) is 11.9. The molecule has 0 aliphatic heterocycles. The van der Waals surface area contributed by atoms with Gasteiger partial charge in [-0.25, -0.2) is 0 Å². The molecule has 1 unspecified atom stereocenters. The summed E-state index contributed by atoms with van der Waals surface area (Å²) in [5, 5.41) is 0. The third kappa shape index (κ3) is 8.86. The van der Waals surface area contributed by atoms with E-state index in [1.807, 2.05) is 26.0 Å². The third-order valence-electron chi connectivity index (χ3n) is 3.39. The van der Waals surface area contributed by atoms with E-state index in [-0.39, 0.29) is 10.8 Å². The number of rotatable bonds is 4. The van der Waals surface area contributed by atoms with Gasteiger partial charge in [-0.3, -0.25) is 0 Å². The van der Waals surface area contributed by atoms with Crippen molar-refractivity contribution in [2.45, 2.75) is 68.7 Å². The molecule has 112 valence electrons. The van der Waals surface area contributed by atoms with Gasteiger partial charge in [0.15, 0.2) is 0 Å². The molecule has 0 aliphatic rings. The zero-order valence-electron chi connectivity index (χ0n) is 14.8. The Kier molecular flexibility index (Phi) is 9.08. The van der Waals surface area contributed by atoms with Gasteiger partial charge in [0.2, 0.25) is 0 Å². The van der Waals surface area contributed by atoms with Crippen molar-refractivity contribution in [2.75, 3.05) is 0 Å². The molecule has 0 heterocycles. The fourth-order valence-electron chi connectivity index (χ4n) is 1.48. The average Bonchev–Trinajstić information content (AvgIpc) is 2.26.